The summed E-state index contributed by atoms with van der Waals surface area (Å²) in [4.78, 5) is 0. The molecule has 0 aromatic heterocycles. The molecule has 1 fully saturated rings. The van der Waals surface area contributed by atoms with Crippen molar-refractivity contribution in [2.24, 2.45) is 11.3 Å². The predicted molar refractivity (Wildman–Crippen MR) is 71.8 cm³/mol. The molecule has 1 N–H and O–H groups in total. The van der Waals surface area contributed by atoms with Gasteiger partial charge in [0, 0.05) is 5.41 Å². The van der Waals surface area contributed by atoms with Gasteiger partial charge in [0.1, 0.15) is 0 Å². The van der Waals surface area contributed by atoms with E-state index in [9.17, 15) is 5.11 Å². The van der Waals surface area contributed by atoms with E-state index in [0.717, 1.165) is 6.42 Å². The van der Waals surface area contributed by atoms with Crippen molar-refractivity contribution in [3.8, 4) is 0 Å². The van der Waals surface area contributed by atoms with Crippen molar-refractivity contribution < 1.29 is 9.84 Å². The summed E-state index contributed by atoms with van der Waals surface area (Å²) in [7, 11) is 0. The summed E-state index contributed by atoms with van der Waals surface area (Å²) in [6.07, 6.45) is 6.72. The normalized spacial score (nSPS) is 21.5. The standard InChI is InChI=1S/C15H30O2/c1-6-14(2,3)13(16)17-15(4,5)12-10-8-7-9-11-12/h12-13,16H,6-11H2,1-5H3. The van der Waals surface area contributed by atoms with Gasteiger partial charge in [-0.2, -0.15) is 0 Å². The van der Waals surface area contributed by atoms with Gasteiger partial charge >= 0.3 is 0 Å². The Morgan fingerprint density at radius 3 is 2.12 bits per heavy atom. The fourth-order valence-electron chi connectivity index (χ4n) is 2.52. The van der Waals surface area contributed by atoms with Crippen LogP contribution in [0.15, 0.2) is 0 Å². The van der Waals surface area contributed by atoms with Crippen LogP contribution in [0.4, 0.5) is 0 Å². The Morgan fingerprint density at radius 2 is 1.65 bits per heavy atom. The molecule has 0 aromatic carbocycles. The van der Waals surface area contributed by atoms with Crippen molar-refractivity contribution in [3.05, 3.63) is 0 Å². The van der Waals surface area contributed by atoms with Crippen LogP contribution in [-0.2, 0) is 4.74 Å². The van der Waals surface area contributed by atoms with Crippen LogP contribution in [0.2, 0.25) is 0 Å². The van der Waals surface area contributed by atoms with Crippen molar-refractivity contribution in [2.75, 3.05) is 0 Å². The van der Waals surface area contributed by atoms with Crippen molar-refractivity contribution in [3.63, 3.8) is 0 Å². The number of hydrogen-bond donors (Lipinski definition) is 1. The van der Waals surface area contributed by atoms with Gasteiger partial charge in [-0.1, -0.05) is 40.0 Å². The third kappa shape index (κ3) is 3.96. The highest BCUT2D eigenvalue weighted by Crippen LogP contribution is 2.38. The van der Waals surface area contributed by atoms with E-state index < -0.39 is 6.29 Å². The highest BCUT2D eigenvalue weighted by atomic mass is 16.6. The van der Waals surface area contributed by atoms with Crippen LogP contribution in [0.5, 0.6) is 0 Å². The molecular formula is C15H30O2. The van der Waals surface area contributed by atoms with E-state index in [2.05, 4.69) is 34.6 Å². The molecule has 0 aromatic rings. The molecule has 1 saturated carbocycles. The van der Waals surface area contributed by atoms with Crippen LogP contribution in [-0.4, -0.2) is 17.0 Å². The largest absolute Gasteiger partial charge is 0.367 e. The number of rotatable bonds is 5. The maximum absolute atomic E-state index is 10.2. The zero-order chi connectivity index (χ0) is 13.1. The highest BCUT2D eigenvalue weighted by molar-refractivity contribution is 4.84. The van der Waals surface area contributed by atoms with Gasteiger partial charge in [0.05, 0.1) is 5.60 Å². The first kappa shape index (κ1) is 15.0. The lowest BCUT2D eigenvalue weighted by Gasteiger charge is -2.41. The Kier molecular flexibility index (Phi) is 5.03. The second-order valence-electron chi connectivity index (χ2n) is 6.75. The lowest BCUT2D eigenvalue weighted by Crippen LogP contribution is -2.44. The fourth-order valence-corrected chi connectivity index (χ4v) is 2.52. The topological polar surface area (TPSA) is 29.5 Å². The van der Waals surface area contributed by atoms with E-state index in [0.29, 0.717) is 5.92 Å². The van der Waals surface area contributed by atoms with Gasteiger partial charge < -0.3 is 9.84 Å². The van der Waals surface area contributed by atoms with E-state index in [-0.39, 0.29) is 11.0 Å². The summed E-state index contributed by atoms with van der Waals surface area (Å²) in [6, 6.07) is 0. The van der Waals surface area contributed by atoms with E-state index >= 15 is 0 Å². The Morgan fingerprint density at radius 1 is 1.12 bits per heavy atom. The molecular weight excluding hydrogens is 212 g/mol. The average molecular weight is 242 g/mol. The third-order valence-electron chi connectivity index (χ3n) is 4.58. The van der Waals surface area contributed by atoms with E-state index in [1.54, 1.807) is 0 Å². The van der Waals surface area contributed by atoms with Crippen LogP contribution in [0.25, 0.3) is 0 Å². The highest BCUT2D eigenvalue weighted by Gasteiger charge is 2.37. The molecule has 0 saturated heterocycles. The van der Waals surface area contributed by atoms with Gasteiger partial charge in [-0.05, 0) is 39.0 Å². The van der Waals surface area contributed by atoms with Crippen LogP contribution < -0.4 is 0 Å². The zero-order valence-electron chi connectivity index (χ0n) is 12.3. The van der Waals surface area contributed by atoms with E-state index in [1.807, 2.05) is 0 Å². The Labute approximate surface area is 107 Å². The maximum Gasteiger partial charge on any atom is 0.160 e. The summed E-state index contributed by atoms with van der Waals surface area (Å²) < 4.78 is 5.99. The maximum atomic E-state index is 10.2. The van der Waals surface area contributed by atoms with Crippen LogP contribution in [0, 0.1) is 11.3 Å². The van der Waals surface area contributed by atoms with Gasteiger partial charge in [-0.15, -0.1) is 0 Å². The van der Waals surface area contributed by atoms with Crippen molar-refractivity contribution in [1.82, 2.24) is 0 Å². The molecule has 1 unspecified atom stereocenters. The third-order valence-corrected chi connectivity index (χ3v) is 4.58. The Bertz CT molecular complexity index is 227. The average Bonchev–Trinajstić information content (AvgIpc) is 2.29. The lowest BCUT2D eigenvalue weighted by atomic mass is 9.78. The van der Waals surface area contributed by atoms with Crippen LogP contribution in [0.3, 0.4) is 0 Å². The molecule has 102 valence electrons. The molecule has 0 bridgehead atoms. The smallest absolute Gasteiger partial charge is 0.160 e. The molecule has 0 aliphatic heterocycles. The number of ether oxygens (including phenoxy) is 1. The molecule has 1 rings (SSSR count). The second kappa shape index (κ2) is 5.71. The number of aliphatic hydroxyl groups is 1. The molecule has 2 nitrogen and oxygen atoms in total. The summed E-state index contributed by atoms with van der Waals surface area (Å²) in [5, 5.41) is 10.2. The van der Waals surface area contributed by atoms with Gasteiger partial charge in [0.15, 0.2) is 6.29 Å². The molecule has 1 aliphatic carbocycles. The summed E-state index contributed by atoms with van der Waals surface area (Å²) in [5.74, 6) is 0.596. The Hall–Kier alpha value is -0.0800. The van der Waals surface area contributed by atoms with Gasteiger partial charge in [-0.25, -0.2) is 0 Å². The lowest BCUT2D eigenvalue weighted by molar-refractivity contribution is -0.238. The molecule has 2 heteroatoms. The minimum absolute atomic E-state index is 0.161. The number of aliphatic hydroxyl groups excluding tert-OH is 1. The molecule has 0 amide bonds. The first-order valence-electron chi connectivity index (χ1n) is 7.15. The summed E-state index contributed by atoms with van der Waals surface area (Å²) in [6.45, 7) is 10.5. The van der Waals surface area contributed by atoms with E-state index in [1.165, 1.54) is 32.1 Å². The SMILES string of the molecule is CCC(C)(C)C(O)OC(C)(C)C1CCCCC1. The van der Waals surface area contributed by atoms with Crippen LogP contribution in [0.1, 0.15) is 73.1 Å². The van der Waals surface area contributed by atoms with Crippen molar-refractivity contribution in [1.29, 1.82) is 0 Å². The first-order chi connectivity index (χ1) is 7.79. The molecule has 0 spiro atoms. The fraction of sp³-hybridized carbons (Fsp3) is 1.00. The Balaban J connectivity index is 2.58. The molecule has 1 aliphatic rings. The van der Waals surface area contributed by atoms with Crippen molar-refractivity contribution >= 4 is 0 Å². The van der Waals surface area contributed by atoms with E-state index in [4.69, 9.17) is 4.74 Å². The van der Waals surface area contributed by atoms with Crippen LogP contribution >= 0.6 is 0 Å². The minimum atomic E-state index is -0.663. The molecule has 0 radical (unpaired) electrons. The minimum Gasteiger partial charge on any atom is -0.367 e. The predicted octanol–water partition coefficient (Wildman–Crippen LogP) is 4.12. The quantitative estimate of drug-likeness (QED) is 0.735. The van der Waals surface area contributed by atoms with Gasteiger partial charge in [0.2, 0.25) is 0 Å². The summed E-state index contributed by atoms with van der Waals surface area (Å²) >= 11 is 0. The van der Waals surface area contributed by atoms with Gasteiger partial charge in [-0.3, -0.25) is 0 Å². The monoisotopic (exact) mass is 242 g/mol. The molecule has 17 heavy (non-hydrogen) atoms. The zero-order valence-corrected chi connectivity index (χ0v) is 12.3. The van der Waals surface area contributed by atoms with Gasteiger partial charge in [0.25, 0.3) is 0 Å². The molecule has 0 heterocycles. The number of hydrogen-bond acceptors (Lipinski definition) is 2. The molecule has 1 atom stereocenters. The van der Waals surface area contributed by atoms with Crippen molar-refractivity contribution in [2.45, 2.75) is 85.0 Å². The first-order valence-corrected chi connectivity index (χ1v) is 7.15. The summed E-state index contributed by atoms with van der Waals surface area (Å²) in [5.41, 5.74) is -0.363. The second-order valence-corrected chi connectivity index (χ2v) is 6.75.